The summed E-state index contributed by atoms with van der Waals surface area (Å²) in [6.07, 6.45) is 1.61. The van der Waals surface area contributed by atoms with Crippen molar-refractivity contribution < 1.29 is 9.90 Å². The normalized spacial score (nSPS) is 11.2. The first-order valence-electron chi connectivity index (χ1n) is 7.69. The second-order valence-corrected chi connectivity index (χ2v) is 5.60. The summed E-state index contributed by atoms with van der Waals surface area (Å²) in [5, 5.41) is 14.5. The fourth-order valence-electron chi connectivity index (χ4n) is 2.25. The van der Waals surface area contributed by atoms with Gasteiger partial charge in [0, 0.05) is 6.54 Å². The van der Waals surface area contributed by atoms with Crippen LogP contribution in [0.3, 0.4) is 0 Å². The third-order valence-electron chi connectivity index (χ3n) is 3.52. The van der Waals surface area contributed by atoms with Gasteiger partial charge in [0.15, 0.2) is 0 Å². The number of hydrogen-bond donors (Lipinski definition) is 3. The molecule has 1 aromatic heterocycles. The first kappa shape index (κ1) is 19.2. The van der Waals surface area contributed by atoms with Crippen molar-refractivity contribution in [3.05, 3.63) is 73.9 Å². The van der Waals surface area contributed by atoms with E-state index in [2.05, 4.69) is 22.1 Å². The predicted molar refractivity (Wildman–Crippen MR) is 98.9 cm³/mol. The van der Waals surface area contributed by atoms with Gasteiger partial charge in [0.2, 0.25) is 5.88 Å². The van der Waals surface area contributed by atoms with Crippen molar-refractivity contribution in [3.8, 4) is 5.88 Å². The number of benzene rings is 1. The number of nitrogens with one attached hydrogen (secondary N) is 2. The van der Waals surface area contributed by atoms with Crippen molar-refractivity contribution >= 4 is 23.2 Å². The van der Waals surface area contributed by atoms with Crippen molar-refractivity contribution in [1.82, 2.24) is 15.0 Å². The van der Waals surface area contributed by atoms with Crippen LogP contribution in [-0.2, 0) is 6.54 Å². The second-order valence-electron chi connectivity index (χ2n) is 5.19. The van der Waals surface area contributed by atoms with Crippen LogP contribution in [0.25, 0.3) is 0 Å². The molecule has 3 N–H and O–H groups in total. The second kappa shape index (κ2) is 8.30. The molecular weight excluding hydrogens is 360 g/mol. The van der Waals surface area contributed by atoms with E-state index in [-0.39, 0.29) is 34.8 Å². The van der Waals surface area contributed by atoms with Gasteiger partial charge in [0.1, 0.15) is 5.56 Å². The van der Waals surface area contributed by atoms with Crippen LogP contribution in [-0.4, -0.2) is 26.3 Å². The number of aromatic amines is 1. The minimum absolute atomic E-state index is 0.00256. The van der Waals surface area contributed by atoms with E-state index in [1.54, 1.807) is 25.1 Å². The van der Waals surface area contributed by atoms with Crippen LogP contribution in [0.15, 0.2) is 51.6 Å². The van der Waals surface area contributed by atoms with Gasteiger partial charge in [-0.1, -0.05) is 36.7 Å². The Bertz CT molecular complexity index is 991. The Labute approximate surface area is 153 Å². The number of allylic oxidation sites excluding steroid dienone is 1. The Morgan fingerprint density at radius 3 is 2.73 bits per heavy atom. The lowest BCUT2D eigenvalue weighted by Crippen LogP contribution is -2.34. The number of rotatable bonds is 6. The summed E-state index contributed by atoms with van der Waals surface area (Å²) in [5.41, 5.74) is 0.836. The van der Waals surface area contributed by atoms with Crippen molar-refractivity contribution in [1.29, 1.82) is 0 Å². The minimum Gasteiger partial charge on any atom is -0.494 e. The molecule has 0 bridgehead atoms. The zero-order chi connectivity index (χ0) is 19.3. The lowest BCUT2D eigenvalue weighted by atomic mass is 10.1. The van der Waals surface area contributed by atoms with E-state index in [1.807, 2.05) is 0 Å². The van der Waals surface area contributed by atoms with E-state index < -0.39 is 23.0 Å². The van der Waals surface area contributed by atoms with Gasteiger partial charge >= 0.3 is 5.69 Å². The molecule has 0 saturated carbocycles. The first-order valence-corrected chi connectivity index (χ1v) is 8.07. The third-order valence-corrected chi connectivity index (χ3v) is 3.85. The van der Waals surface area contributed by atoms with Crippen LogP contribution in [0.2, 0.25) is 5.02 Å². The molecular formula is C17H17ClN4O4. The van der Waals surface area contributed by atoms with Gasteiger partial charge in [-0.2, -0.15) is 5.10 Å². The van der Waals surface area contributed by atoms with E-state index in [0.29, 0.717) is 0 Å². The molecule has 0 atom stereocenters. The summed E-state index contributed by atoms with van der Waals surface area (Å²) >= 11 is 5.96. The highest BCUT2D eigenvalue weighted by atomic mass is 35.5. The molecule has 1 amide bonds. The van der Waals surface area contributed by atoms with Crippen molar-refractivity contribution in [2.45, 2.75) is 19.9 Å². The number of halogens is 1. The number of hydrogen-bond acceptors (Lipinski definition) is 5. The molecule has 26 heavy (non-hydrogen) atoms. The Kier molecular flexibility index (Phi) is 6.13. The van der Waals surface area contributed by atoms with Gasteiger partial charge < -0.3 is 5.11 Å². The van der Waals surface area contributed by atoms with Gasteiger partial charge in [-0.05, 0) is 18.6 Å². The van der Waals surface area contributed by atoms with E-state index >= 15 is 0 Å². The largest absolute Gasteiger partial charge is 0.494 e. The van der Waals surface area contributed by atoms with Gasteiger partial charge in [-0.25, -0.2) is 10.2 Å². The number of H-pyrrole nitrogens is 1. The molecule has 0 aliphatic carbocycles. The molecule has 0 unspecified atom stereocenters. The fourth-order valence-corrected chi connectivity index (χ4v) is 2.48. The van der Waals surface area contributed by atoms with Crippen LogP contribution in [0.5, 0.6) is 5.88 Å². The smallest absolute Gasteiger partial charge is 0.331 e. The molecule has 2 aromatic rings. The van der Waals surface area contributed by atoms with Gasteiger partial charge in [0.25, 0.3) is 11.5 Å². The number of carbonyl (C=O) groups is 1. The maximum atomic E-state index is 12.2. The molecule has 136 valence electrons. The van der Waals surface area contributed by atoms with Gasteiger partial charge in [-0.15, -0.1) is 6.58 Å². The Hall–Kier alpha value is -3.13. The number of hydrazone groups is 1. The number of aromatic nitrogens is 2. The highest BCUT2D eigenvalue weighted by molar-refractivity contribution is 6.33. The monoisotopic (exact) mass is 376 g/mol. The fraction of sp³-hybridized carbons (Fsp3) is 0.176. The maximum absolute atomic E-state index is 12.2. The summed E-state index contributed by atoms with van der Waals surface area (Å²) < 4.78 is 0.935. The zero-order valence-electron chi connectivity index (χ0n) is 14.0. The van der Waals surface area contributed by atoms with E-state index in [0.717, 1.165) is 4.57 Å². The number of carbonyl (C=O) groups excluding carboxylic acids is 1. The summed E-state index contributed by atoms with van der Waals surface area (Å²) in [5.74, 6) is -1.12. The summed E-state index contributed by atoms with van der Waals surface area (Å²) in [7, 11) is 0. The highest BCUT2D eigenvalue weighted by Crippen LogP contribution is 2.15. The van der Waals surface area contributed by atoms with Crippen LogP contribution in [0, 0.1) is 0 Å². The Morgan fingerprint density at radius 2 is 2.12 bits per heavy atom. The summed E-state index contributed by atoms with van der Waals surface area (Å²) in [6, 6.07) is 6.41. The molecule has 8 nitrogen and oxygen atoms in total. The Balaban J connectivity index is 2.44. The van der Waals surface area contributed by atoms with Crippen molar-refractivity contribution in [2.75, 3.05) is 0 Å². The van der Waals surface area contributed by atoms with Crippen LogP contribution < -0.4 is 16.7 Å². The van der Waals surface area contributed by atoms with Gasteiger partial charge in [0.05, 0.1) is 16.3 Å². The van der Waals surface area contributed by atoms with Crippen molar-refractivity contribution in [2.24, 2.45) is 5.10 Å². The topological polar surface area (TPSA) is 117 Å². The molecule has 0 radical (unpaired) electrons. The first-order chi connectivity index (χ1) is 12.4. The third kappa shape index (κ3) is 3.92. The summed E-state index contributed by atoms with van der Waals surface area (Å²) in [6.45, 7) is 5.17. The number of nitrogens with zero attached hydrogens (tertiary/aromatic N) is 2. The number of amides is 1. The van der Waals surface area contributed by atoms with E-state index in [9.17, 15) is 19.5 Å². The van der Waals surface area contributed by atoms with Crippen molar-refractivity contribution in [3.63, 3.8) is 0 Å². The van der Waals surface area contributed by atoms with Crippen LogP contribution >= 0.6 is 11.6 Å². The average Bonchev–Trinajstić information content (AvgIpc) is 2.61. The minimum atomic E-state index is -0.805. The summed E-state index contributed by atoms with van der Waals surface area (Å²) in [4.78, 5) is 38.2. The van der Waals surface area contributed by atoms with E-state index in [4.69, 9.17) is 11.6 Å². The molecule has 1 aromatic carbocycles. The zero-order valence-corrected chi connectivity index (χ0v) is 14.7. The molecule has 0 spiro atoms. The molecule has 0 aliphatic heterocycles. The molecule has 0 aliphatic rings. The lowest BCUT2D eigenvalue weighted by molar-refractivity contribution is 0.0955. The standard InChI is InChI=1S/C17H17ClN4O4/c1-3-9-22-16(25)13(15(24)19-17(22)26)12(4-2)20-21-14(23)10-7-5-6-8-11(10)18/h3,5-8,25H,1,4,9H2,2H3,(H,21,23)(H,19,24,26). The average molecular weight is 377 g/mol. The maximum Gasteiger partial charge on any atom is 0.331 e. The molecule has 0 saturated heterocycles. The molecule has 1 heterocycles. The highest BCUT2D eigenvalue weighted by Gasteiger charge is 2.18. The lowest BCUT2D eigenvalue weighted by Gasteiger charge is -2.11. The molecule has 2 rings (SSSR count). The molecule has 9 heteroatoms. The SMILES string of the molecule is C=CCn1c(O)c(C(CC)=NNC(=O)c2ccccc2Cl)c(=O)[nH]c1=O. The quantitative estimate of drug-likeness (QED) is 0.403. The van der Waals surface area contributed by atoms with E-state index in [1.165, 1.54) is 12.1 Å². The van der Waals surface area contributed by atoms with Crippen LogP contribution in [0.4, 0.5) is 0 Å². The van der Waals surface area contributed by atoms with Gasteiger partial charge in [-0.3, -0.25) is 19.1 Å². The predicted octanol–water partition coefficient (Wildman–Crippen LogP) is 1.63. The molecule has 0 fully saturated rings. The Morgan fingerprint density at radius 1 is 1.42 bits per heavy atom. The number of aromatic hydroxyl groups is 1. The van der Waals surface area contributed by atoms with Crippen LogP contribution in [0.1, 0.15) is 29.3 Å².